The van der Waals surface area contributed by atoms with Crippen molar-refractivity contribution in [1.29, 1.82) is 0 Å². The number of ether oxygens (including phenoxy) is 1. The van der Waals surface area contributed by atoms with Gasteiger partial charge in [-0.25, -0.2) is 4.79 Å². The number of carbonyl (C=O) groups is 1. The SMILES string of the molecule is C=C(C)C(=O)OC/C=C/c1ccc([N+](=O)[O-])cc1. The van der Waals surface area contributed by atoms with Crippen molar-refractivity contribution >= 4 is 17.7 Å². The highest BCUT2D eigenvalue weighted by molar-refractivity contribution is 5.87. The number of esters is 1. The summed E-state index contributed by atoms with van der Waals surface area (Å²) in [6.45, 7) is 5.17. The molecule has 0 unspecified atom stereocenters. The summed E-state index contributed by atoms with van der Waals surface area (Å²) in [6, 6.07) is 6.07. The van der Waals surface area contributed by atoms with Crippen LogP contribution in [0.3, 0.4) is 0 Å². The zero-order valence-electron chi connectivity index (χ0n) is 9.96. The summed E-state index contributed by atoms with van der Waals surface area (Å²) in [4.78, 5) is 21.0. The number of nitro groups is 1. The van der Waals surface area contributed by atoms with E-state index in [0.717, 1.165) is 5.56 Å². The highest BCUT2D eigenvalue weighted by Gasteiger charge is 2.02. The van der Waals surface area contributed by atoms with Gasteiger partial charge in [0.25, 0.3) is 5.69 Å². The number of benzene rings is 1. The molecule has 0 bridgehead atoms. The number of non-ortho nitro benzene ring substituents is 1. The van der Waals surface area contributed by atoms with E-state index in [2.05, 4.69) is 6.58 Å². The lowest BCUT2D eigenvalue weighted by Gasteiger charge is -1.99. The number of hydrogen-bond donors (Lipinski definition) is 0. The van der Waals surface area contributed by atoms with Gasteiger partial charge >= 0.3 is 5.97 Å². The minimum atomic E-state index is -0.456. The topological polar surface area (TPSA) is 69.4 Å². The normalized spacial score (nSPS) is 10.3. The molecule has 0 fully saturated rings. The highest BCUT2D eigenvalue weighted by Crippen LogP contribution is 2.12. The molecule has 0 heterocycles. The quantitative estimate of drug-likeness (QED) is 0.347. The van der Waals surface area contributed by atoms with Crippen LogP contribution >= 0.6 is 0 Å². The molecule has 0 saturated carbocycles. The first-order valence-electron chi connectivity index (χ1n) is 5.24. The van der Waals surface area contributed by atoms with Crippen molar-refractivity contribution in [3.8, 4) is 0 Å². The van der Waals surface area contributed by atoms with Gasteiger partial charge in [0.05, 0.1) is 4.92 Å². The van der Waals surface area contributed by atoms with Gasteiger partial charge in [-0.3, -0.25) is 10.1 Å². The summed E-state index contributed by atoms with van der Waals surface area (Å²) in [5.41, 5.74) is 1.19. The van der Waals surface area contributed by atoms with Crippen LogP contribution in [0, 0.1) is 10.1 Å². The van der Waals surface area contributed by atoms with Crippen molar-refractivity contribution in [3.05, 3.63) is 58.2 Å². The maximum absolute atomic E-state index is 11.0. The van der Waals surface area contributed by atoms with Crippen LogP contribution < -0.4 is 0 Å². The zero-order valence-corrected chi connectivity index (χ0v) is 9.96. The van der Waals surface area contributed by atoms with Gasteiger partial charge in [-0.2, -0.15) is 0 Å². The van der Waals surface area contributed by atoms with Gasteiger partial charge in [0, 0.05) is 17.7 Å². The van der Waals surface area contributed by atoms with Gasteiger partial charge in [0.15, 0.2) is 0 Å². The van der Waals surface area contributed by atoms with E-state index in [1.165, 1.54) is 12.1 Å². The second-order valence-corrected chi connectivity index (χ2v) is 3.63. The molecule has 18 heavy (non-hydrogen) atoms. The smallest absolute Gasteiger partial charge is 0.333 e. The summed E-state index contributed by atoms with van der Waals surface area (Å²) in [6.07, 6.45) is 3.37. The molecule has 94 valence electrons. The Kier molecular flexibility index (Phi) is 4.80. The predicted molar refractivity (Wildman–Crippen MR) is 67.9 cm³/mol. The van der Waals surface area contributed by atoms with Crippen LogP contribution in [0.1, 0.15) is 12.5 Å². The molecular formula is C13H13NO4. The van der Waals surface area contributed by atoms with Crippen molar-refractivity contribution in [2.45, 2.75) is 6.92 Å². The Morgan fingerprint density at radius 2 is 2.06 bits per heavy atom. The number of carbonyl (C=O) groups excluding carboxylic acids is 1. The highest BCUT2D eigenvalue weighted by atomic mass is 16.6. The fraction of sp³-hybridized carbons (Fsp3) is 0.154. The molecule has 1 rings (SSSR count). The molecule has 0 N–H and O–H groups in total. The van der Waals surface area contributed by atoms with Crippen LogP contribution in [0.2, 0.25) is 0 Å². The lowest BCUT2D eigenvalue weighted by molar-refractivity contribution is -0.384. The maximum Gasteiger partial charge on any atom is 0.333 e. The summed E-state index contributed by atoms with van der Waals surface area (Å²) < 4.78 is 4.85. The Hall–Kier alpha value is -2.43. The molecule has 0 amide bonds. The molecule has 5 nitrogen and oxygen atoms in total. The van der Waals surface area contributed by atoms with Gasteiger partial charge in [-0.05, 0) is 30.7 Å². The van der Waals surface area contributed by atoms with Crippen LogP contribution in [-0.4, -0.2) is 17.5 Å². The molecule has 1 aromatic rings. The Balaban J connectivity index is 2.50. The van der Waals surface area contributed by atoms with E-state index in [-0.39, 0.29) is 12.3 Å². The summed E-state index contributed by atoms with van der Waals surface area (Å²) in [5, 5.41) is 10.4. The van der Waals surface area contributed by atoms with E-state index in [0.29, 0.717) is 5.57 Å². The first kappa shape index (κ1) is 13.6. The molecule has 5 heteroatoms. The van der Waals surface area contributed by atoms with E-state index in [1.807, 2.05) is 0 Å². The van der Waals surface area contributed by atoms with Crippen LogP contribution in [0.4, 0.5) is 5.69 Å². The number of nitrogens with zero attached hydrogens (tertiary/aromatic N) is 1. The van der Waals surface area contributed by atoms with Crippen molar-refractivity contribution < 1.29 is 14.5 Å². The second kappa shape index (κ2) is 6.34. The zero-order chi connectivity index (χ0) is 13.5. The van der Waals surface area contributed by atoms with E-state index in [1.54, 1.807) is 31.2 Å². The van der Waals surface area contributed by atoms with Crippen LogP contribution in [-0.2, 0) is 9.53 Å². The van der Waals surface area contributed by atoms with Crippen molar-refractivity contribution in [3.63, 3.8) is 0 Å². The predicted octanol–water partition coefficient (Wildman–Crippen LogP) is 2.73. The fourth-order valence-corrected chi connectivity index (χ4v) is 1.14. The number of hydrogen-bond acceptors (Lipinski definition) is 4. The van der Waals surface area contributed by atoms with Gasteiger partial charge in [0.1, 0.15) is 6.61 Å². The first-order chi connectivity index (χ1) is 8.50. The van der Waals surface area contributed by atoms with Crippen LogP contribution in [0.5, 0.6) is 0 Å². The molecule has 0 saturated heterocycles. The molecule has 0 atom stereocenters. The maximum atomic E-state index is 11.0. The van der Waals surface area contributed by atoms with Crippen molar-refractivity contribution in [1.82, 2.24) is 0 Å². The van der Waals surface area contributed by atoms with Gasteiger partial charge < -0.3 is 4.74 Å². The summed E-state index contributed by atoms with van der Waals surface area (Å²) in [7, 11) is 0. The molecule has 0 spiro atoms. The average Bonchev–Trinajstić information content (AvgIpc) is 2.34. The van der Waals surface area contributed by atoms with E-state index in [4.69, 9.17) is 4.74 Å². The van der Waals surface area contributed by atoms with Gasteiger partial charge in [-0.1, -0.05) is 12.7 Å². The standard InChI is InChI=1S/C13H13NO4/c1-10(2)13(15)18-9-3-4-11-5-7-12(8-6-11)14(16)17/h3-8H,1,9H2,2H3/b4-3+. The molecule has 0 aliphatic rings. The molecule has 0 aromatic heterocycles. The molecule has 0 aliphatic heterocycles. The molecule has 0 radical (unpaired) electrons. The number of rotatable bonds is 5. The lowest BCUT2D eigenvalue weighted by atomic mass is 10.2. The Morgan fingerprint density at radius 3 is 2.56 bits per heavy atom. The third-order valence-corrected chi connectivity index (χ3v) is 2.07. The minimum absolute atomic E-state index is 0.0425. The van der Waals surface area contributed by atoms with Gasteiger partial charge in [0.2, 0.25) is 0 Å². The molecular weight excluding hydrogens is 234 g/mol. The summed E-state index contributed by atoms with van der Waals surface area (Å²) >= 11 is 0. The Morgan fingerprint density at radius 1 is 1.44 bits per heavy atom. The first-order valence-corrected chi connectivity index (χ1v) is 5.24. The Bertz CT molecular complexity index is 488. The van der Waals surface area contributed by atoms with Crippen LogP contribution in [0.25, 0.3) is 6.08 Å². The summed E-state index contributed by atoms with van der Waals surface area (Å²) in [5.74, 6) is -0.441. The second-order valence-electron chi connectivity index (χ2n) is 3.63. The van der Waals surface area contributed by atoms with Crippen molar-refractivity contribution in [2.24, 2.45) is 0 Å². The number of nitro benzene ring substituents is 1. The monoisotopic (exact) mass is 247 g/mol. The fourth-order valence-electron chi connectivity index (χ4n) is 1.14. The molecule has 0 aliphatic carbocycles. The van der Waals surface area contributed by atoms with E-state index >= 15 is 0 Å². The van der Waals surface area contributed by atoms with Gasteiger partial charge in [-0.15, -0.1) is 0 Å². The minimum Gasteiger partial charge on any atom is -0.458 e. The van der Waals surface area contributed by atoms with E-state index < -0.39 is 10.9 Å². The Labute approximate surface area is 105 Å². The van der Waals surface area contributed by atoms with Crippen LogP contribution in [0.15, 0.2) is 42.5 Å². The average molecular weight is 247 g/mol. The third kappa shape index (κ3) is 4.21. The molecule has 1 aromatic carbocycles. The largest absolute Gasteiger partial charge is 0.458 e. The third-order valence-electron chi connectivity index (χ3n) is 2.07. The van der Waals surface area contributed by atoms with Crippen molar-refractivity contribution in [2.75, 3.05) is 6.61 Å². The van der Waals surface area contributed by atoms with E-state index in [9.17, 15) is 14.9 Å². The lowest BCUT2D eigenvalue weighted by Crippen LogP contribution is -2.04.